The molecule has 2 heterocycles. The first kappa shape index (κ1) is 27.3. The van der Waals surface area contributed by atoms with E-state index in [9.17, 15) is 35.2 Å². The first-order valence-electron chi connectivity index (χ1n) is 10.2. The van der Waals surface area contributed by atoms with Gasteiger partial charge in [-0.15, -0.1) is 6.42 Å². The standard InChI is InChI=1S/C24H17F5N4O3S/c1-3-15-9-14(10-19(26)23(15)33-37(2,35)36)12-31-21(34)7-6-17-18(25)11-20(24(27,28)29)32-22(17)16-5-4-8-30-13-16/h1,4-11,13,33H,12H2,2H3,(H,31,34). The summed E-state index contributed by atoms with van der Waals surface area (Å²) in [4.78, 5) is 19.6. The third-order valence-electron chi connectivity index (χ3n) is 4.69. The van der Waals surface area contributed by atoms with Crippen molar-refractivity contribution in [2.75, 3.05) is 11.0 Å². The molecule has 3 rings (SSSR count). The lowest BCUT2D eigenvalue weighted by atomic mass is 10.1. The molecule has 0 spiro atoms. The Morgan fingerprint density at radius 1 is 1.19 bits per heavy atom. The number of carbonyl (C=O) groups is 1. The van der Waals surface area contributed by atoms with Gasteiger partial charge in [-0.1, -0.05) is 5.92 Å². The van der Waals surface area contributed by atoms with Crippen LogP contribution in [0.2, 0.25) is 0 Å². The number of rotatable bonds is 7. The maximum absolute atomic E-state index is 14.7. The van der Waals surface area contributed by atoms with Gasteiger partial charge in [-0.25, -0.2) is 22.2 Å². The Labute approximate surface area is 208 Å². The number of nitrogens with zero attached hydrogens (tertiary/aromatic N) is 2. The SMILES string of the molecule is C#Cc1cc(CNC(=O)C=Cc2c(F)cc(C(F)(F)F)nc2-c2cccnc2)cc(F)c1NS(C)(=O)=O. The lowest BCUT2D eigenvalue weighted by Gasteiger charge is -2.12. The lowest BCUT2D eigenvalue weighted by Crippen LogP contribution is -2.21. The summed E-state index contributed by atoms with van der Waals surface area (Å²) in [5.74, 6) is -0.881. The van der Waals surface area contributed by atoms with Crippen molar-refractivity contribution in [3.8, 4) is 23.6 Å². The van der Waals surface area contributed by atoms with Crippen molar-refractivity contribution in [3.63, 3.8) is 0 Å². The van der Waals surface area contributed by atoms with Gasteiger partial charge in [0.05, 0.1) is 23.2 Å². The summed E-state index contributed by atoms with van der Waals surface area (Å²) in [5.41, 5.74) is -2.47. The average molecular weight is 536 g/mol. The molecule has 37 heavy (non-hydrogen) atoms. The maximum Gasteiger partial charge on any atom is 0.433 e. The van der Waals surface area contributed by atoms with Gasteiger partial charge in [-0.05, 0) is 35.9 Å². The van der Waals surface area contributed by atoms with Crippen molar-refractivity contribution in [2.45, 2.75) is 12.7 Å². The van der Waals surface area contributed by atoms with Gasteiger partial charge < -0.3 is 5.32 Å². The summed E-state index contributed by atoms with van der Waals surface area (Å²) in [6.45, 7) is -0.253. The van der Waals surface area contributed by atoms with Crippen molar-refractivity contribution < 1.29 is 35.2 Å². The number of halogens is 5. The fraction of sp³-hybridized carbons (Fsp3) is 0.125. The second-order valence-electron chi connectivity index (χ2n) is 7.56. The number of aromatic nitrogens is 2. The third kappa shape index (κ3) is 7.11. The molecule has 3 aromatic rings. The Balaban J connectivity index is 1.85. The average Bonchev–Trinajstić information content (AvgIpc) is 2.82. The highest BCUT2D eigenvalue weighted by Crippen LogP contribution is 2.33. The highest BCUT2D eigenvalue weighted by atomic mass is 32.2. The smallest absolute Gasteiger partial charge is 0.348 e. The van der Waals surface area contributed by atoms with Gasteiger partial charge in [0.25, 0.3) is 0 Å². The number of sulfonamides is 1. The minimum absolute atomic E-state index is 0.0904. The number of amides is 1. The summed E-state index contributed by atoms with van der Waals surface area (Å²) >= 11 is 0. The molecule has 0 aliphatic rings. The second kappa shape index (κ2) is 10.8. The second-order valence-corrected chi connectivity index (χ2v) is 9.31. The molecule has 2 aromatic heterocycles. The van der Waals surface area contributed by atoms with E-state index in [2.05, 4.69) is 21.2 Å². The van der Waals surface area contributed by atoms with Gasteiger partial charge >= 0.3 is 6.18 Å². The molecule has 0 atom stereocenters. The zero-order valence-electron chi connectivity index (χ0n) is 18.9. The molecular weight excluding hydrogens is 519 g/mol. The number of carbonyl (C=O) groups excluding carboxylic acids is 1. The maximum atomic E-state index is 14.7. The molecule has 192 valence electrons. The molecule has 13 heteroatoms. The molecule has 7 nitrogen and oxygen atoms in total. The van der Waals surface area contributed by atoms with Crippen LogP contribution in [0.15, 0.2) is 48.8 Å². The fourth-order valence-electron chi connectivity index (χ4n) is 3.13. The van der Waals surface area contributed by atoms with Crippen molar-refractivity contribution in [1.29, 1.82) is 0 Å². The molecule has 0 fully saturated rings. The Morgan fingerprint density at radius 3 is 2.51 bits per heavy atom. The lowest BCUT2D eigenvalue weighted by molar-refractivity contribution is -0.141. The van der Waals surface area contributed by atoms with Crippen LogP contribution in [-0.4, -0.2) is 30.5 Å². The summed E-state index contributed by atoms with van der Waals surface area (Å²) in [6.07, 6.45) is 5.62. The van der Waals surface area contributed by atoms with E-state index in [1.54, 1.807) is 0 Å². The van der Waals surface area contributed by atoms with Crippen LogP contribution < -0.4 is 10.0 Å². The number of pyridine rings is 2. The molecule has 0 radical (unpaired) electrons. The van der Waals surface area contributed by atoms with E-state index in [0.29, 0.717) is 0 Å². The van der Waals surface area contributed by atoms with Crippen LogP contribution in [0.25, 0.3) is 17.3 Å². The third-order valence-corrected chi connectivity index (χ3v) is 5.27. The zero-order chi connectivity index (χ0) is 27.4. The Kier molecular flexibility index (Phi) is 7.93. The Bertz CT molecular complexity index is 1520. The fourth-order valence-corrected chi connectivity index (χ4v) is 3.70. The van der Waals surface area contributed by atoms with Crippen LogP contribution in [0, 0.1) is 24.0 Å². The molecular formula is C24H17F5N4O3S. The van der Waals surface area contributed by atoms with Gasteiger partial charge in [-0.2, -0.15) is 13.2 Å². The van der Waals surface area contributed by atoms with E-state index in [-0.39, 0.29) is 40.6 Å². The van der Waals surface area contributed by atoms with E-state index in [4.69, 9.17) is 6.42 Å². The molecule has 0 aliphatic carbocycles. The molecule has 2 N–H and O–H groups in total. The quantitative estimate of drug-likeness (QED) is 0.269. The van der Waals surface area contributed by atoms with Crippen LogP contribution in [-0.2, 0) is 27.5 Å². The van der Waals surface area contributed by atoms with Crippen LogP contribution >= 0.6 is 0 Å². The number of hydrogen-bond donors (Lipinski definition) is 2. The van der Waals surface area contributed by atoms with E-state index in [1.807, 2.05) is 4.72 Å². The van der Waals surface area contributed by atoms with Crippen molar-refractivity contribution in [2.24, 2.45) is 0 Å². The van der Waals surface area contributed by atoms with E-state index in [1.165, 1.54) is 30.6 Å². The van der Waals surface area contributed by atoms with Crippen LogP contribution in [0.4, 0.5) is 27.6 Å². The van der Waals surface area contributed by atoms with Gasteiger partial charge in [0.2, 0.25) is 15.9 Å². The van der Waals surface area contributed by atoms with Crippen molar-refractivity contribution in [1.82, 2.24) is 15.3 Å². The molecule has 0 saturated heterocycles. The van der Waals surface area contributed by atoms with Gasteiger partial charge in [0, 0.05) is 42.2 Å². The van der Waals surface area contributed by atoms with Gasteiger partial charge in [-0.3, -0.25) is 14.5 Å². The van der Waals surface area contributed by atoms with Crippen molar-refractivity contribution in [3.05, 3.63) is 82.8 Å². The number of nitrogens with one attached hydrogen (secondary N) is 2. The topological polar surface area (TPSA) is 101 Å². The molecule has 0 unspecified atom stereocenters. The highest BCUT2D eigenvalue weighted by molar-refractivity contribution is 7.92. The number of hydrogen-bond acceptors (Lipinski definition) is 5. The first-order valence-corrected chi connectivity index (χ1v) is 12.1. The largest absolute Gasteiger partial charge is 0.433 e. The summed E-state index contributed by atoms with van der Waals surface area (Å²) in [5, 5.41) is 2.39. The monoisotopic (exact) mass is 536 g/mol. The number of terminal acetylenes is 1. The Morgan fingerprint density at radius 2 is 1.92 bits per heavy atom. The molecule has 1 amide bonds. The highest BCUT2D eigenvalue weighted by Gasteiger charge is 2.34. The van der Waals surface area contributed by atoms with Crippen LogP contribution in [0.1, 0.15) is 22.4 Å². The predicted octanol–water partition coefficient (Wildman–Crippen LogP) is 4.12. The molecule has 0 aliphatic heterocycles. The van der Waals surface area contributed by atoms with Gasteiger partial charge in [0.1, 0.15) is 17.3 Å². The summed E-state index contributed by atoms with van der Waals surface area (Å²) < 4.78 is 93.3. The summed E-state index contributed by atoms with van der Waals surface area (Å²) in [6, 6.07) is 5.26. The molecule has 0 saturated carbocycles. The van der Waals surface area contributed by atoms with Gasteiger partial charge in [0.15, 0.2) is 0 Å². The Hall–Kier alpha value is -4.31. The van der Waals surface area contributed by atoms with Crippen molar-refractivity contribution >= 4 is 27.7 Å². The summed E-state index contributed by atoms with van der Waals surface area (Å²) in [7, 11) is -3.81. The van der Waals surface area contributed by atoms with E-state index in [0.717, 1.165) is 24.5 Å². The number of anilines is 1. The predicted molar refractivity (Wildman–Crippen MR) is 126 cm³/mol. The minimum Gasteiger partial charge on any atom is -0.348 e. The zero-order valence-corrected chi connectivity index (χ0v) is 19.7. The van der Waals surface area contributed by atoms with Crippen LogP contribution in [0.5, 0.6) is 0 Å². The number of alkyl halides is 3. The van der Waals surface area contributed by atoms with Crippen LogP contribution in [0.3, 0.4) is 0 Å². The molecule has 1 aromatic carbocycles. The van der Waals surface area contributed by atoms with E-state index >= 15 is 0 Å². The minimum atomic E-state index is -4.91. The van der Waals surface area contributed by atoms with E-state index < -0.39 is 45.1 Å². The normalized spacial score (nSPS) is 11.8. The first-order chi connectivity index (χ1) is 17.3. The number of benzene rings is 1. The molecule has 0 bridgehead atoms.